The van der Waals surface area contributed by atoms with E-state index in [0.29, 0.717) is 23.8 Å². The molecule has 0 atom stereocenters. The molecule has 1 heterocycles. The molecular formula is C19H14N2O2. The molecule has 3 rings (SSSR count). The van der Waals surface area contributed by atoms with E-state index in [1.807, 2.05) is 60.7 Å². The molecular weight excluding hydrogens is 288 g/mol. The van der Waals surface area contributed by atoms with E-state index in [0.717, 1.165) is 11.3 Å². The van der Waals surface area contributed by atoms with E-state index in [1.165, 1.54) is 0 Å². The van der Waals surface area contributed by atoms with E-state index in [2.05, 4.69) is 4.98 Å². The number of nitriles is 1. The number of nitrogens with zero attached hydrogens (tertiary/aromatic N) is 2. The van der Waals surface area contributed by atoms with Gasteiger partial charge in [0.2, 0.25) is 0 Å². The molecule has 2 aromatic carbocycles. The van der Waals surface area contributed by atoms with Crippen LogP contribution in [0.25, 0.3) is 0 Å². The van der Waals surface area contributed by atoms with Crippen molar-refractivity contribution in [3.63, 3.8) is 0 Å². The summed E-state index contributed by atoms with van der Waals surface area (Å²) in [5.41, 5.74) is 1.44. The van der Waals surface area contributed by atoms with Gasteiger partial charge >= 0.3 is 0 Å². The molecule has 0 aliphatic heterocycles. The van der Waals surface area contributed by atoms with Gasteiger partial charge in [0, 0.05) is 12.3 Å². The van der Waals surface area contributed by atoms with Crippen molar-refractivity contribution >= 4 is 0 Å². The van der Waals surface area contributed by atoms with Crippen LogP contribution in [0.1, 0.15) is 11.3 Å². The van der Waals surface area contributed by atoms with Crippen molar-refractivity contribution in [3.8, 4) is 23.3 Å². The highest BCUT2D eigenvalue weighted by Gasteiger charge is 2.01. The van der Waals surface area contributed by atoms with E-state index in [9.17, 15) is 0 Å². The minimum Gasteiger partial charge on any atom is -0.489 e. The normalized spacial score (nSPS) is 9.87. The average Bonchev–Trinajstić information content (AvgIpc) is 2.62. The molecule has 0 radical (unpaired) electrons. The first-order chi connectivity index (χ1) is 11.3. The zero-order chi connectivity index (χ0) is 15.9. The summed E-state index contributed by atoms with van der Waals surface area (Å²) in [5.74, 6) is 2.02. The third-order valence-corrected chi connectivity index (χ3v) is 3.15. The highest BCUT2D eigenvalue weighted by atomic mass is 16.5. The summed E-state index contributed by atoms with van der Waals surface area (Å²) < 4.78 is 11.4. The molecule has 0 bridgehead atoms. The predicted octanol–water partition coefficient (Wildman–Crippen LogP) is 4.32. The Kier molecular flexibility index (Phi) is 4.51. The Balaban J connectivity index is 1.61. The van der Waals surface area contributed by atoms with Crippen LogP contribution in [0.3, 0.4) is 0 Å². The molecule has 4 heteroatoms. The van der Waals surface area contributed by atoms with Crippen molar-refractivity contribution in [2.75, 3.05) is 0 Å². The van der Waals surface area contributed by atoms with E-state index >= 15 is 0 Å². The van der Waals surface area contributed by atoms with Crippen molar-refractivity contribution in [3.05, 3.63) is 84.2 Å². The van der Waals surface area contributed by atoms with Crippen LogP contribution in [0, 0.1) is 11.3 Å². The summed E-state index contributed by atoms with van der Waals surface area (Å²) in [6.07, 6.45) is 1.55. The second-order valence-corrected chi connectivity index (χ2v) is 4.84. The molecule has 0 aliphatic rings. The lowest BCUT2D eigenvalue weighted by atomic mass is 10.2. The van der Waals surface area contributed by atoms with Crippen LogP contribution < -0.4 is 9.47 Å². The van der Waals surface area contributed by atoms with Crippen molar-refractivity contribution in [1.29, 1.82) is 5.26 Å². The Hall–Kier alpha value is -3.32. The van der Waals surface area contributed by atoms with Crippen molar-refractivity contribution in [2.45, 2.75) is 6.61 Å². The number of pyridine rings is 1. The zero-order valence-corrected chi connectivity index (χ0v) is 12.3. The van der Waals surface area contributed by atoms with Gasteiger partial charge in [0.25, 0.3) is 0 Å². The molecule has 0 N–H and O–H groups in total. The summed E-state index contributed by atoms with van der Waals surface area (Å²) in [7, 11) is 0. The van der Waals surface area contributed by atoms with Gasteiger partial charge in [-0.2, -0.15) is 5.26 Å². The van der Waals surface area contributed by atoms with Crippen LogP contribution in [-0.2, 0) is 6.61 Å². The number of hydrogen-bond donors (Lipinski definition) is 0. The molecule has 3 aromatic rings. The summed E-state index contributed by atoms with van der Waals surface area (Å²) in [6, 6.07) is 22.6. The molecule has 0 fully saturated rings. The average molecular weight is 302 g/mol. The Labute approximate surface area is 134 Å². The Bertz CT molecular complexity index is 809. The maximum Gasteiger partial charge on any atom is 0.144 e. The zero-order valence-electron chi connectivity index (χ0n) is 12.3. The van der Waals surface area contributed by atoms with Gasteiger partial charge < -0.3 is 9.47 Å². The van der Waals surface area contributed by atoms with Crippen LogP contribution in [0.2, 0.25) is 0 Å². The number of aromatic nitrogens is 1. The fraction of sp³-hybridized carbons (Fsp3) is 0.0526. The molecule has 0 spiro atoms. The molecule has 0 saturated carbocycles. The van der Waals surface area contributed by atoms with Crippen LogP contribution in [-0.4, -0.2) is 4.98 Å². The Morgan fingerprint density at radius 3 is 2.35 bits per heavy atom. The highest BCUT2D eigenvalue weighted by molar-refractivity contribution is 5.37. The maximum absolute atomic E-state index is 8.83. The molecule has 0 aliphatic carbocycles. The summed E-state index contributed by atoms with van der Waals surface area (Å²) in [5, 5.41) is 8.83. The summed E-state index contributed by atoms with van der Waals surface area (Å²) in [6.45, 7) is 0.525. The van der Waals surface area contributed by atoms with Gasteiger partial charge in [0.1, 0.15) is 35.6 Å². The van der Waals surface area contributed by atoms with Crippen molar-refractivity contribution < 1.29 is 9.47 Å². The first-order valence-electron chi connectivity index (χ1n) is 7.14. The Morgan fingerprint density at radius 1 is 0.870 bits per heavy atom. The topological polar surface area (TPSA) is 55.1 Å². The second-order valence-electron chi connectivity index (χ2n) is 4.84. The smallest absolute Gasteiger partial charge is 0.144 e. The van der Waals surface area contributed by atoms with Gasteiger partial charge in [0.05, 0.1) is 0 Å². The van der Waals surface area contributed by atoms with Crippen LogP contribution in [0.5, 0.6) is 17.2 Å². The fourth-order valence-electron chi connectivity index (χ4n) is 2.02. The third-order valence-electron chi connectivity index (χ3n) is 3.15. The summed E-state index contributed by atoms with van der Waals surface area (Å²) in [4.78, 5) is 3.91. The van der Waals surface area contributed by atoms with Gasteiger partial charge in [-0.25, -0.2) is 4.98 Å². The first kappa shape index (κ1) is 14.6. The van der Waals surface area contributed by atoms with E-state index in [1.54, 1.807) is 18.3 Å². The van der Waals surface area contributed by atoms with Crippen molar-refractivity contribution in [2.24, 2.45) is 0 Å². The number of benzene rings is 2. The molecule has 23 heavy (non-hydrogen) atoms. The van der Waals surface area contributed by atoms with Gasteiger partial charge in [0.15, 0.2) is 0 Å². The molecule has 1 aromatic heterocycles. The first-order valence-corrected chi connectivity index (χ1v) is 7.14. The Morgan fingerprint density at radius 2 is 1.61 bits per heavy atom. The highest BCUT2D eigenvalue weighted by Crippen LogP contribution is 2.24. The SMILES string of the molecule is N#Cc1cc(Oc2ccc(OCc3ccccc3)cc2)ccn1. The molecule has 112 valence electrons. The monoisotopic (exact) mass is 302 g/mol. The largest absolute Gasteiger partial charge is 0.489 e. The van der Waals surface area contributed by atoms with Gasteiger partial charge in [-0.05, 0) is 35.9 Å². The number of hydrogen-bond acceptors (Lipinski definition) is 4. The standard InChI is InChI=1S/C19H14N2O2/c20-13-16-12-19(10-11-21-16)23-18-8-6-17(7-9-18)22-14-15-4-2-1-3-5-15/h1-12H,14H2. The molecule has 0 unspecified atom stereocenters. The number of ether oxygens (including phenoxy) is 2. The second kappa shape index (κ2) is 7.10. The quantitative estimate of drug-likeness (QED) is 0.704. The van der Waals surface area contributed by atoms with Crippen LogP contribution >= 0.6 is 0 Å². The predicted molar refractivity (Wildman–Crippen MR) is 86.2 cm³/mol. The van der Waals surface area contributed by atoms with E-state index < -0.39 is 0 Å². The lowest BCUT2D eigenvalue weighted by Gasteiger charge is -2.08. The third kappa shape index (κ3) is 4.08. The van der Waals surface area contributed by atoms with Crippen molar-refractivity contribution in [1.82, 2.24) is 4.98 Å². The van der Waals surface area contributed by atoms with E-state index in [-0.39, 0.29) is 0 Å². The van der Waals surface area contributed by atoms with Gasteiger partial charge in [-0.1, -0.05) is 30.3 Å². The van der Waals surface area contributed by atoms with Gasteiger partial charge in [-0.15, -0.1) is 0 Å². The summed E-state index contributed by atoms with van der Waals surface area (Å²) >= 11 is 0. The van der Waals surface area contributed by atoms with Gasteiger partial charge in [-0.3, -0.25) is 0 Å². The van der Waals surface area contributed by atoms with Crippen LogP contribution in [0.4, 0.5) is 0 Å². The minimum absolute atomic E-state index is 0.324. The van der Waals surface area contributed by atoms with E-state index in [4.69, 9.17) is 14.7 Å². The molecule has 0 saturated heterocycles. The lowest BCUT2D eigenvalue weighted by Crippen LogP contribution is -1.94. The fourth-order valence-corrected chi connectivity index (χ4v) is 2.02. The lowest BCUT2D eigenvalue weighted by molar-refractivity contribution is 0.306. The molecule has 4 nitrogen and oxygen atoms in total. The van der Waals surface area contributed by atoms with Crippen LogP contribution in [0.15, 0.2) is 72.9 Å². The minimum atomic E-state index is 0.324. The maximum atomic E-state index is 8.83. The molecule has 0 amide bonds. The number of rotatable bonds is 5.